The molecule has 1 unspecified atom stereocenters. The lowest BCUT2D eigenvalue weighted by Gasteiger charge is -2.37. The normalized spacial score (nSPS) is 18.8. The van der Waals surface area contributed by atoms with Gasteiger partial charge in [0.25, 0.3) is 0 Å². The summed E-state index contributed by atoms with van der Waals surface area (Å²) in [6.45, 7) is -1.91. The molecule has 8 nitrogen and oxygen atoms in total. The summed E-state index contributed by atoms with van der Waals surface area (Å²) < 4.78 is 21.5. The van der Waals surface area contributed by atoms with Crippen LogP contribution in [0, 0.1) is 0 Å². The first kappa shape index (κ1) is 18.2. The molecule has 3 N–H and O–H groups in total. The number of ketones is 1. The van der Waals surface area contributed by atoms with Crippen molar-refractivity contribution >= 4 is 5.78 Å². The summed E-state index contributed by atoms with van der Waals surface area (Å²) in [6, 6.07) is 11.5. The molecule has 0 fully saturated rings. The highest BCUT2D eigenvalue weighted by molar-refractivity contribution is 6.03. The number of carbonyl (C=O) groups is 1. The van der Waals surface area contributed by atoms with Gasteiger partial charge < -0.3 is 34.3 Å². The van der Waals surface area contributed by atoms with Crippen molar-refractivity contribution in [3.05, 3.63) is 53.6 Å². The van der Waals surface area contributed by atoms with Crippen LogP contribution in [0.2, 0.25) is 0 Å². The van der Waals surface area contributed by atoms with Gasteiger partial charge in [0, 0.05) is 17.7 Å². The van der Waals surface area contributed by atoms with Crippen LogP contribution in [0.3, 0.4) is 0 Å². The Bertz CT molecular complexity index is 776. The van der Waals surface area contributed by atoms with Crippen LogP contribution < -0.4 is 14.2 Å². The molecule has 0 bridgehead atoms. The number of fused-ring (bicyclic) bond motifs is 1. The van der Waals surface area contributed by atoms with Crippen molar-refractivity contribution in [3.63, 3.8) is 0 Å². The number of aliphatic hydroxyl groups excluding tert-OH is 3. The number of ether oxygens (including phenoxy) is 4. The van der Waals surface area contributed by atoms with Crippen molar-refractivity contribution in [1.82, 2.24) is 0 Å². The van der Waals surface area contributed by atoms with Crippen LogP contribution >= 0.6 is 0 Å². The molecular weight excluding hydrogens is 344 g/mol. The van der Waals surface area contributed by atoms with Crippen LogP contribution in [0.1, 0.15) is 22.3 Å². The predicted octanol–water partition coefficient (Wildman–Crippen LogP) is 1.13. The minimum absolute atomic E-state index is 0.0594. The topological polar surface area (TPSA) is 115 Å². The van der Waals surface area contributed by atoms with Crippen LogP contribution in [-0.4, -0.2) is 41.5 Å². The van der Waals surface area contributed by atoms with Crippen LogP contribution in [0.4, 0.5) is 0 Å². The zero-order valence-electron chi connectivity index (χ0n) is 13.8. The first-order valence-electron chi connectivity index (χ1n) is 7.81. The Morgan fingerprint density at radius 3 is 2.38 bits per heavy atom. The highest BCUT2D eigenvalue weighted by atomic mass is 16.7. The Balaban J connectivity index is 2.11. The van der Waals surface area contributed by atoms with Gasteiger partial charge in [-0.2, -0.15) is 0 Å². The molecule has 0 amide bonds. The summed E-state index contributed by atoms with van der Waals surface area (Å²) in [6.07, 6.45) is -0.202. The Kier molecular flexibility index (Phi) is 5.38. The van der Waals surface area contributed by atoms with Gasteiger partial charge in [-0.15, -0.1) is 0 Å². The Morgan fingerprint density at radius 2 is 1.73 bits per heavy atom. The summed E-state index contributed by atoms with van der Waals surface area (Å²) in [4.78, 5) is 12.8. The third-order valence-electron chi connectivity index (χ3n) is 3.95. The minimum Gasteiger partial charge on any atom is -0.467 e. The van der Waals surface area contributed by atoms with E-state index in [1.54, 1.807) is 30.3 Å². The summed E-state index contributed by atoms with van der Waals surface area (Å²) in [7, 11) is 0. The van der Waals surface area contributed by atoms with E-state index in [0.29, 0.717) is 5.56 Å². The van der Waals surface area contributed by atoms with Gasteiger partial charge >= 0.3 is 0 Å². The number of carbonyl (C=O) groups excluding carboxylic acids is 1. The van der Waals surface area contributed by atoms with Crippen molar-refractivity contribution in [2.45, 2.75) is 12.2 Å². The molecule has 2 aromatic rings. The van der Waals surface area contributed by atoms with E-state index in [9.17, 15) is 9.90 Å². The van der Waals surface area contributed by atoms with Crippen molar-refractivity contribution < 1.29 is 39.1 Å². The molecular formula is C18H18O8. The van der Waals surface area contributed by atoms with E-state index in [-0.39, 0.29) is 35.0 Å². The van der Waals surface area contributed by atoms with Gasteiger partial charge in [-0.25, -0.2) is 0 Å². The molecule has 8 heteroatoms. The van der Waals surface area contributed by atoms with Gasteiger partial charge in [0.15, 0.2) is 19.4 Å². The number of Topliss-reactive ketones (excluding diaryl/α,β-unsaturated/α-hetero) is 1. The second-order valence-electron chi connectivity index (χ2n) is 5.44. The molecule has 2 aromatic carbocycles. The lowest BCUT2D eigenvalue weighted by atomic mass is 9.92. The monoisotopic (exact) mass is 362 g/mol. The van der Waals surface area contributed by atoms with Crippen LogP contribution in [0.15, 0.2) is 42.5 Å². The molecule has 0 saturated heterocycles. The highest BCUT2D eigenvalue weighted by Crippen LogP contribution is 2.45. The van der Waals surface area contributed by atoms with E-state index in [1.807, 2.05) is 0 Å². The Labute approximate surface area is 149 Å². The molecule has 3 rings (SSSR count). The number of benzene rings is 2. The lowest BCUT2D eigenvalue weighted by molar-refractivity contribution is -0.229. The van der Waals surface area contributed by atoms with E-state index in [2.05, 4.69) is 0 Å². The van der Waals surface area contributed by atoms with Gasteiger partial charge in [0.05, 0.1) is 6.42 Å². The molecule has 1 aliphatic heterocycles. The maximum absolute atomic E-state index is 12.8. The summed E-state index contributed by atoms with van der Waals surface area (Å²) >= 11 is 0. The maximum Gasteiger partial charge on any atom is 0.246 e. The standard InChI is InChI=1S/C18H18O8/c19-9-23-13-6-15(24-10-20)17-14(22)8-18(25-11-21,26-16(17)7-13)12-4-2-1-3-5-12/h1-7,19-21H,8-11H2. The third kappa shape index (κ3) is 3.35. The molecule has 26 heavy (non-hydrogen) atoms. The zero-order valence-corrected chi connectivity index (χ0v) is 13.8. The average molecular weight is 362 g/mol. The van der Waals surface area contributed by atoms with Crippen molar-refractivity contribution in [2.24, 2.45) is 0 Å². The summed E-state index contributed by atoms with van der Waals surface area (Å²) in [5, 5.41) is 27.4. The van der Waals surface area contributed by atoms with Gasteiger partial charge in [0.1, 0.15) is 29.6 Å². The zero-order chi connectivity index (χ0) is 18.6. The van der Waals surface area contributed by atoms with Gasteiger partial charge in [-0.3, -0.25) is 4.79 Å². The first-order valence-corrected chi connectivity index (χ1v) is 7.81. The minimum atomic E-state index is -1.52. The largest absolute Gasteiger partial charge is 0.467 e. The fourth-order valence-electron chi connectivity index (χ4n) is 2.90. The molecule has 0 aromatic heterocycles. The predicted molar refractivity (Wildman–Crippen MR) is 87.7 cm³/mol. The fourth-order valence-corrected chi connectivity index (χ4v) is 2.90. The third-order valence-corrected chi connectivity index (χ3v) is 3.95. The summed E-state index contributed by atoms with van der Waals surface area (Å²) in [5.74, 6) is -1.55. The molecule has 1 heterocycles. The second-order valence-corrected chi connectivity index (χ2v) is 5.44. The molecule has 1 aliphatic rings. The van der Waals surface area contributed by atoms with Crippen LogP contribution in [0.5, 0.6) is 17.2 Å². The lowest BCUT2D eigenvalue weighted by Crippen LogP contribution is -2.42. The van der Waals surface area contributed by atoms with E-state index >= 15 is 0 Å². The SMILES string of the molecule is O=C1CC(OCO)(c2ccccc2)Oc2cc(OCO)cc(OCO)c21. The molecule has 0 spiro atoms. The average Bonchev–Trinajstić information content (AvgIpc) is 2.63. The molecule has 0 saturated carbocycles. The van der Waals surface area contributed by atoms with E-state index < -0.39 is 26.2 Å². The molecule has 0 radical (unpaired) electrons. The van der Waals surface area contributed by atoms with Gasteiger partial charge in [0.2, 0.25) is 5.79 Å². The smallest absolute Gasteiger partial charge is 0.246 e. The maximum atomic E-state index is 12.8. The number of hydrogen-bond acceptors (Lipinski definition) is 8. The second kappa shape index (κ2) is 7.71. The first-order chi connectivity index (χ1) is 12.6. The van der Waals surface area contributed by atoms with Crippen LogP contribution in [-0.2, 0) is 10.5 Å². The molecule has 0 aliphatic carbocycles. The van der Waals surface area contributed by atoms with E-state index in [4.69, 9.17) is 29.2 Å². The van der Waals surface area contributed by atoms with Crippen molar-refractivity contribution in [2.75, 3.05) is 20.4 Å². The molecule has 1 atom stereocenters. The van der Waals surface area contributed by atoms with Crippen LogP contribution in [0.25, 0.3) is 0 Å². The quantitative estimate of drug-likeness (QED) is 0.628. The number of hydrogen-bond donors (Lipinski definition) is 3. The molecule has 138 valence electrons. The Morgan fingerprint density at radius 1 is 1.00 bits per heavy atom. The van der Waals surface area contributed by atoms with E-state index in [0.717, 1.165) is 0 Å². The fraction of sp³-hybridized carbons (Fsp3) is 0.278. The van der Waals surface area contributed by atoms with Crippen molar-refractivity contribution in [1.29, 1.82) is 0 Å². The Hall–Kier alpha value is -2.65. The number of rotatable bonds is 7. The number of aliphatic hydroxyl groups is 3. The van der Waals surface area contributed by atoms with E-state index in [1.165, 1.54) is 12.1 Å². The highest BCUT2D eigenvalue weighted by Gasteiger charge is 2.45. The van der Waals surface area contributed by atoms with Crippen molar-refractivity contribution in [3.8, 4) is 17.2 Å². The summed E-state index contributed by atoms with van der Waals surface area (Å²) in [5.41, 5.74) is 0.670. The van der Waals surface area contributed by atoms with Gasteiger partial charge in [-0.1, -0.05) is 30.3 Å². The van der Waals surface area contributed by atoms with Gasteiger partial charge in [-0.05, 0) is 0 Å².